The lowest BCUT2D eigenvalue weighted by atomic mass is 10.1. The average Bonchev–Trinajstić information content (AvgIpc) is 2.71. The summed E-state index contributed by atoms with van der Waals surface area (Å²) in [6, 6.07) is 5.30. The Labute approximate surface area is 106 Å². The van der Waals surface area contributed by atoms with E-state index in [1.165, 1.54) is 0 Å². The molecule has 2 rings (SSSR count). The molecule has 0 spiro atoms. The van der Waals surface area contributed by atoms with Crippen LogP contribution in [0, 0.1) is 0 Å². The molecular weight excluding hydrogens is 234 g/mol. The number of fused-ring (bicyclic) bond motifs is 1. The number of carbonyl (C=O) groups is 1. The lowest BCUT2D eigenvalue weighted by molar-refractivity contribution is -0.150. The minimum atomic E-state index is -0.641. The molecule has 0 amide bonds. The molecule has 18 heavy (non-hydrogen) atoms. The molecule has 1 aromatic rings. The second-order valence-electron chi connectivity index (χ2n) is 4.13. The van der Waals surface area contributed by atoms with Crippen molar-refractivity contribution >= 4 is 5.97 Å². The maximum absolute atomic E-state index is 11.4. The number of benzene rings is 1. The fraction of sp³-hybridized carbons (Fsp3) is 0.462. The summed E-state index contributed by atoms with van der Waals surface area (Å²) in [4.78, 5) is 11.4. The first kappa shape index (κ1) is 12.7. The summed E-state index contributed by atoms with van der Waals surface area (Å²) in [6.07, 6.45) is -0.641. The van der Waals surface area contributed by atoms with Crippen LogP contribution in [0.1, 0.15) is 25.5 Å². The van der Waals surface area contributed by atoms with Crippen molar-refractivity contribution in [2.24, 2.45) is 5.73 Å². The Balaban J connectivity index is 2.05. The second-order valence-corrected chi connectivity index (χ2v) is 4.13. The summed E-state index contributed by atoms with van der Waals surface area (Å²) in [5.74, 6) is 0.912. The normalized spacial score (nSPS) is 18.7. The molecule has 5 heteroatoms. The van der Waals surface area contributed by atoms with Crippen LogP contribution in [0.25, 0.3) is 0 Å². The summed E-state index contributed by atoms with van der Waals surface area (Å²) in [5, 5.41) is 0. The molecule has 5 nitrogen and oxygen atoms in total. The van der Waals surface area contributed by atoms with Crippen molar-refractivity contribution in [3.8, 4) is 11.5 Å². The molecular formula is C13H17NO4. The first-order chi connectivity index (χ1) is 8.61. The number of rotatable bonds is 4. The maximum Gasteiger partial charge on any atom is 0.347 e. The van der Waals surface area contributed by atoms with Crippen LogP contribution in [0.4, 0.5) is 0 Å². The van der Waals surface area contributed by atoms with Crippen LogP contribution >= 0.6 is 0 Å². The van der Waals surface area contributed by atoms with Gasteiger partial charge in [0.05, 0.1) is 12.6 Å². The standard InChI is InChI=1S/C13H17NO4/c1-3-16-13(15)8(2)18-9-4-5-10-11(14)7-17-12(10)6-9/h4-6,8,11H,3,7,14H2,1-2H3. The first-order valence-corrected chi connectivity index (χ1v) is 5.97. The van der Waals surface area contributed by atoms with Crippen molar-refractivity contribution in [1.29, 1.82) is 0 Å². The van der Waals surface area contributed by atoms with Gasteiger partial charge in [0.2, 0.25) is 0 Å². The van der Waals surface area contributed by atoms with Gasteiger partial charge in [0.25, 0.3) is 0 Å². The third-order valence-corrected chi connectivity index (χ3v) is 2.73. The van der Waals surface area contributed by atoms with Crippen LogP contribution < -0.4 is 15.2 Å². The summed E-state index contributed by atoms with van der Waals surface area (Å²) in [7, 11) is 0. The minimum Gasteiger partial charge on any atom is -0.491 e. The molecule has 0 aromatic heterocycles. The van der Waals surface area contributed by atoms with Crippen molar-refractivity contribution in [1.82, 2.24) is 0 Å². The predicted octanol–water partition coefficient (Wildman–Crippen LogP) is 1.41. The molecule has 0 aliphatic carbocycles. The van der Waals surface area contributed by atoms with E-state index in [0.29, 0.717) is 19.0 Å². The van der Waals surface area contributed by atoms with Gasteiger partial charge in [-0.3, -0.25) is 0 Å². The van der Waals surface area contributed by atoms with Gasteiger partial charge < -0.3 is 19.9 Å². The van der Waals surface area contributed by atoms with E-state index in [0.717, 1.165) is 11.3 Å². The van der Waals surface area contributed by atoms with E-state index in [2.05, 4.69) is 0 Å². The van der Waals surface area contributed by atoms with E-state index < -0.39 is 6.10 Å². The number of hydrogen-bond acceptors (Lipinski definition) is 5. The molecule has 0 bridgehead atoms. The van der Waals surface area contributed by atoms with E-state index in [1.54, 1.807) is 26.0 Å². The molecule has 2 N–H and O–H groups in total. The third-order valence-electron chi connectivity index (χ3n) is 2.73. The SMILES string of the molecule is CCOC(=O)C(C)Oc1ccc2c(c1)OCC2N. The summed E-state index contributed by atoms with van der Waals surface area (Å²) in [6.45, 7) is 4.23. The zero-order valence-electron chi connectivity index (χ0n) is 10.5. The zero-order chi connectivity index (χ0) is 13.1. The highest BCUT2D eigenvalue weighted by atomic mass is 16.6. The second kappa shape index (κ2) is 5.27. The zero-order valence-corrected chi connectivity index (χ0v) is 10.5. The van der Waals surface area contributed by atoms with E-state index in [9.17, 15) is 4.79 Å². The topological polar surface area (TPSA) is 70.8 Å². The molecule has 0 saturated heterocycles. The van der Waals surface area contributed by atoms with Gasteiger partial charge in [-0.15, -0.1) is 0 Å². The van der Waals surface area contributed by atoms with Crippen molar-refractivity contribution in [2.75, 3.05) is 13.2 Å². The van der Waals surface area contributed by atoms with Gasteiger partial charge in [0.1, 0.15) is 18.1 Å². The molecule has 1 aromatic carbocycles. The fourth-order valence-corrected chi connectivity index (χ4v) is 1.80. The van der Waals surface area contributed by atoms with Gasteiger partial charge in [-0.2, -0.15) is 0 Å². The van der Waals surface area contributed by atoms with Crippen LogP contribution in [0.5, 0.6) is 11.5 Å². The average molecular weight is 251 g/mol. The lowest BCUT2D eigenvalue weighted by Crippen LogP contribution is -2.26. The molecule has 1 aliphatic rings. The van der Waals surface area contributed by atoms with Gasteiger partial charge in [0, 0.05) is 11.6 Å². The lowest BCUT2D eigenvalue weighted by Gasteiger charge is -2.14. The minimum absolute atomic E-state index is 0.0865. The van der Waals surface area contributed by atoms with Crippen molar-refractivity contribution in [3.63, 3.8) is 0 Å². The number of nitrogens with two attached hydrogens (primary N) is 1. The Hall–Kier alpha value is -1.75. The monoisotopic (exact) mass is 251 g/mol. The summed E-state index contributed by atoms with van der Waals surface area (Å²) in [5.41, 5.74) is 6.81. The smallest absolute Gasteiger partial charge is 0.347 e. The highest BCUT2D eigenvalue weighted by Gasteiger charge is 2.22. The highest BCUT2D eigenvalue weighted by molar-refractivity contribution is 5.74. The van der Waals surface area contributed by atoms with Gasteiger partial charge in [-0.25, -0.2) is 4.79 Å². The summed E-state index contributed by atoms with van der Waals surface area (Å²) < 4.78 is 15.8. The molecule has 2 unspecified atom stereocenters. The van der Waals surface area contributed by atoms with Crippen molar-refractivity contribution < 1.29 is 19.0 Å². The molecule has 98 valence electrons. The fourth-order valence-electron chi connectivity index (χ4n) is 1.80. The number of ether oxygens (including phenoxy) is 3. The van der Waals surface area contributed by atoms with Gasteiger partial charge in [0.15, 0.2) is 6.10 Å². The van der Waals surface area contributed by atoms with Crippen LogP contribution in [0.15, 0.2) is 18.2 Å². The third kappa shape index (κ3) is 2.56. The van der Waals surface area contributed by atoms with E-state index >= 15 is 0 Å². The largest absolute Gasteiger partial charge is 0.491 e. The first-order valence-electron chi connectivity index (χ1n) is 5.97. The molecule has 2 atom stereocenters. The van der Waals surface area contributed by atoms with Gasteiger partial charge in [-0.05, 0) is 26.0 Å². The summed E-state index contributed by atoms with van der Waals surface area (Å²) >= 11 is 0. The predicted molar refractivity (Wildman–Crippen MR) is 65.6 cm³/mol. The number of esters is 1. The Morgan fingerprint density at radius 3 is 3.11 bits per heavy atom. The van der Waals surface area contributed by atoms with Crippen LogP contribution in [-0.4, -0.2) is 25.3 Å². The molecule has 1 aliphatic heterocycles. The molecule has 0 fully saturated rings. The van der Waals surface area contributed by atoms with E-state index in [-0.39, 0.29) is 12.0 Å². The molecule has 0 saturated carbocycles. The van der Waals surface area contributed by atoms with Gasteiger partial charge >= 0.3 is 5.97 Å². The Kier molecular flexibility index (Phi) is 3.72. The van der Waals surface area contributed by atoms with E-state index in [1.807, 2.05) is 6.07 Å². The quantitative estimate of drug-likeness (QED) is 0.819. The van der Waals surface area contributed by atoms with Crippen LogP contribution in [0.2, 0.25) is 0 Å². The number of hydrogen-bond donors (Lipinski definition) is 1. The Morgan fingerprint density at radius 1 is 1.61 bits per heavy atom. The Bertz CT molecular complexity index is 447. The van der Waals surface area contributed by atoms with E-state index in [4.69, 9.17) is 19.9 Å². The maximum atomic E-state index is 11.4. The Morgan fingerprint density at radius 2 is 2.39 bits per heavy atom. The van der Waals surface area contributed by atoms with Crippen LogP contribution in [0.3, 0.4) is 0 Å². The van der Waals surface area contributed by atoms with Crippen molar-refractivity contribution in [2.45, 2.75) is 26.0 Å². The van der Waals surface area contributed by atoms with Crippen LogP contribution in [-0.2, 0) is 9.53 Å². The number of carbonyl (C=O) groups excluding carboxylic acids is 1. The highest BCUT2D eigenvalue weighted by Crippen LogP contribution is 2.34. The molecule has 0 radical (unpaired) electrons. The molecule has 1 heterocycles. The van der Waals surface area contributed by atoms with Gasteiger partial charge in [-0.1, -0.05) is 0 Å². The van der Waals surface area contributed by atoms with Crippen molar-refractivity contribution in [3.05, 3.63) is 23.8 Å².